The van der Waals surface area contributed by atoms with Crippen LogP contribution in [0.15, 0.2) is 35.5 Å². The topological polar surface area (TPSA) is 103 Å². The largest absolute Gasteiger partial charge is 0.366 e. The fourth-order valence-corrected chi connectivity index (χ4v) is 7.55. The van der Waals surface area contributed by atoms with Gasteiger partial charge in [-0.2, -0.15) is 0 Å². The first kappa shape index (κ1) is 20.8. The van der Waals surface area contributed by atoms with Gasteiger partial charge in [-0.05, 0) is 61.3 Å². The molecule has 0 unspecified atom stereocenters. The summed E-state index contributed by atoms with van der Waals surface area (Å²) in [5.41, 5.74) is 7.48. The molecule has 31 heavy (non-hydrogen) atoms. The predicted octanol–water partition coefficient (Wildman–Crippen LogP) is 4.68. The zero-order chi connectivity index (χ0) is 22.0. The van der Waals surface area contributed by atoms with E-state index in [1.807, 2.05) is 18.2 Å². The molecule has 0 atom stereocenters. The summed E-state index contributed by atoms with van der Waals surface area (Å²) < 4.78 is 26.3. The molecular weight excluding hydrogens is 454 g/mol. The molecule has 162 valence electrons. The number of sulfone groups is 1. The van der Waals surface area contributed by atoms with Crippen molar-refractivity contribution in [3.05, 3.63) is 51.6 Å². The van der Waals surface area contributed by atoms with E-state index in [2.05, 4.69) is 4.98 Å². The molecule has 0 saturated heterocycles. The molecule has 1 amide bonds. The number of rotatable bonds is 5. The van der Waals surface area contributed by atoms with Crippen LogP contribution in [-0.4, -0.2) is 30.0 Å². The molecule has 0 bridgehead atoms. The SMILES string of the molecule is CCS(=O)(=O)c1nccc(C(N)=O)c1C1CC2(CC(c3nc4cc(Cl)ccc4s3)C2)C1. The molecule has 6 nitrogen and oxygen atoms in total. The Morgan fingerprint density at radius 1 is 1.23 bits per heavy atom. The van der Waals surface area contributed by atoms with Gasteiger partial charge in [-0.3, -0.25) is 4.79 Å². The minimum Gasteiger partial charge on any atom is -0.366 e. The lowest BCUT2D eigenvalue weighted by Crippen LogP contribution is -2.46. The zero-order valence-corrected chi connectivity index (χ0v) is 19.4. The number of hydrogen-bond acceptors (Lipinski definition) is 6. The Morgan fingerprint density at radius 2 is 1.94 bits per heavy atom. The van der Waals surface area contributed by atoms with Crippen LogP contribution < -0.4 is 5.73 Å². The second kappa shape index (κ2) is 7.25. The van der Waals surface area contributed by atoms with Gasteiger partial charge >= 0.3 is 0 Å². The van der Waals surface area contributed by atoms with Crippen molar-refractivity contribution in [1.29, 1.82) is 0 Å². The molecule has 2 aliphatic rings. The third kappa shape index (κ3) is 3.45. The van der Waals surface area contributed by atoms with Crippen molar-refractivity contribution in [2.45, 2.75) is 49.5 Å². The standard InChI is InChI=1S/C22H22ClN3O3S2/c1-2-31(28,29)21-18(15(19(24)27)5-6-25-21)12-8-22(9-12)10-13(11-22)20-26-16-7-14(23)3-4-17(16)30-20/h3-7,12-13H,2,8-11H2,1H3,(H2,24,27). The van der Waals surface area contributed by atoms with Gasteiger partial charge in [0.05, 0.1) is 21.0 Å². The number of carbonyl (C=O) groups excluding carboxylic acids is 1. The number of thiazole rings is 1. The predicted molar refractivity (Wildman–Crippen MR) is 121 cm³/mol. The van der Waals surface area contributed by atoms with Gasteiger partial charge in [0, 0.05) is 28.3 Å². The Morgan fingerprint density at radius 3 is 2.61 bits per heavy atom. The Labute approximate surface area is 189 Å². The maximum atomic E-state index is 12.6. The summed E-state index contributed by atoms with van der Waals surface area (Å²) in [5, 5.41) is 1.85. The Kier molecular flexibility index (Phi) is 4.88. The number of carbonyl (C=O) groups is 1. The fourth-order valence-electron chi connectivity index (χ4n) is 5.22. The molecule has 2 fully saturated rings. The van der Waals surface area contributed by atoms with Gasteiger partial charge in [0.15, 0.2) is 14.9 Å². The molecule has 2 aromatic heterocycles. The zero-order valence-electron chi connectivity index (χ0n) is 17.0. The monoisotopic (exact) mass is 475 g/mol. The highest BCUT2D eigenvalue weighted by Crippen LogP contribution is 2.67. The Bertz CT molecular complexity index is 1300. The van der Waals surface area contributed by atoms with Gasteiger partial charge in [-0.25, -0.2) is 18.4 Å². The quantitative estimate of drug-likeness (QED) is 0.577. The van der Waals surface area contributed by atoms with Crippen LogP contribution >= 0.6 is 22.9 Å². The summed E-state index contributed by atoms with van der Waals surface area (Å²) in [5.74, 6) is -0.259. The summed E-state index contributed by atoms with van der Waals surface area (Å²) in [7, 11) is -3.54. The molecule has 2 saturated carbocycles. The molecule has 9 heteroatoms. The highest BCUT2D eigenvalue weighted by molar-refractivity contribution is 7.91. The van der Waals surface area contributed by atoms with Crippen molar-refractivity contribution in [1.82, 2.24) is 9.97 Å². The van der Waals surface area contributed by atoms with Crippen LogP contribution in [0.5, 0.6) is 0 Å². The van der Waals surface area contributed by atoms with Crippen LogP contribution in [0.4, 0.5) is 0 Å². The second-order valence-corrected chi connectivity index (χ2v) is 12.4. The van der Waals surface area contributed by atoms with E-state index in [0.29, 0.717) is 16.5 Å². The summed E-state index contributed by atoms with van der Waals surface area (Å²) in [6.45, 7) is 1.59. The van der Waals surface area contributed by atoms with Crippen molar-refractivity contribution in [2.24, 2.45) is 11.1 Å². The van der Waals surface area contributed by atoms with Crippen LogP contribution in [0, 0.1) is 5.41 Å². The smallest absolute Gasteiger partial charge is 0.249 e. The van der Waals surface area contributed by atoms with Gasteiger partial charge in [-0.15, -0.1) is 11.3 Å². The van der Waals surface area contributed by atoms with Crippen molar-refractivity contribution >= 4 is 48.9 Å². The molecule has 3 aromatic rings. The average Bonchev–Trinajstić information content (AvgIpc) is 3.08. The van der Waals surface area contributed by atoms with E-state index in [-0.39, 0.29) is 27.7 Å². The number of benzene rings is 1. The molecule has 2 N–H and O–H groups in total. The van der Waals surface area contributed by atoms with Crippen LogP contribution in [0.25, 0.3) is 10.2 Å². The number of hydrogen-bond donors (Lipinski definition) is 1. The highest BCUT2D eigenvalue weighted by Gasteiger charge is 2.55. The lowest BCUT2D eigenvalue weighted by atomic mass is 9.47. The first-order chi connectivity index (χ1) is 14.7. The molecule has 2 heterocycles. The maximum absolute atomic E-state index is 12.6. The van der Waals surface area contributed by atoms with E-state index in [9.17, 15) is 13.2 Å². The summed E-state index contributed by atoms with van der Waals surface area (Å²) in [4.78, 5) is 20.9. The van der Waals surface area contributed by atoms with E-state index in [4.69, 9.17) is 22.3 Å². The van der Waals surface area contributed by atoms with Crippen molar-refractivity contribution in [3.63, 3.8) is 0 Å². The summed E-state index contributed by atoms with van der Waals surface area (Å²) >= 11 is 7.80. The lowest BCUT2D eigenvalue weighted by Gasteiger charge is -2.58. The number of amides is 1. The van der Waals surface area contributed by atoms with Crippen LogP contribution in [0.2, 0.25) is 5.02 Å². The average molecular weight is 476 g/mol. The van der Waals surface area contributed by atoms with Gasteiger partial charge in [-0.1, -0.05) is 18.5 Å². The summed E-state index contributed by atoms with van der Waals surface area (Å²) in [6.07, 6.45) is 5.11. The van der Waals surface area contributed by atoms with Crippen LogP contribution in [0.3, 0.4) is 0 Å². The van der Waals surface area contributed by atoms with E-state index < -0.39 is 15.7 Å². The number of primary amides is 1. The number of fused-ring (bicyclic) bond motifs is 1. The molecule has 1 spiro atoms. The van der Waals surface area contributed by atoms with E-state index in [1.165, 1.54) is 12.3 Å². The molecular formula is C22H22ClN3O3S2. The van der Waals surface area contributed by atoms with E-state index in [1.54, 1.807) is 18.3 Å². The van der Waals surface area contributed by atoms with Crippen molar-refractivity contribution in [3.8, 4) is 0 Å². The van der Waals surface area contributed by atoms with E-state index in [0.717, 1.165) is 40.9 Å². The van der Waals surface area contributed by atoms with Gasteiger partial charge < -0.3 is 5.73 Å². The molecule has 5 rings (SSSR count). The number of nitrogens with two attached hydrogens (primary N) is 1. The minimum atomic E-state index is -3.54. The van der Waals surface area contributed by atoms with Gasteiger partial charge in [0.1, 0.15) is 0 Å². The normalized spacial score (nSPS) is 25.4. The third-order valence-electron chi connectivity index (χ3n) is 6.73. The van der Waals surface area contributed by atoms with Gasteiger partial charge in [0.2, 0.25) is 5.91 Å². The molecule has 2 aliphatic carbocycles. The molecule has 1 aromatic carbocycles. The Balaban J connectivity index is 1.36. The maximum Gasteiger partial charge on any atom is 0.249 e. The number of nitrogens with zero attached hydrogens (tertiary/aromatic N) is 2. The lowest BCUT2D eigenvalue weighted by molar-refractivity contribution is -0.0123. The van der Waals surface area contributed by atoms with E-state index >= 15 is 0 Å². The second-order valence-electron chi connectivity index (χ2n) is 8.72. The Hall–Kier alpha value is -2.03. The first-order valence-corrected chi connectivity index (χ1v) is 13.1. The summed E-state index contributed by atoms with van der Waals surface area (Å²) in [6, 6.07) is 7.33. The number of aromatic nitrogens is 2. The van der Waals surface area contributed by atoms with Crippen molar-refractivity contribution < 1.29 is 13.2 Å². The molecule has 0 aliphatic heterocycles. The highest BCUT2D eigenvalue weighted by atomic mass is 35.5. The molecule has 0 radical (unpaired) electrons. The van der Waals surface area contributed by atoms with Crippen LogP contribution in [0.1, 0.15) is 65.4 Å². The number of halogens is 1. The fraction of sp³-hybridized carbons (Fsp3) is 0.409. The first-order valence-electron chi connectivity index (χ1n) is 10.3. The van der Waals surface area contributed by atoms with Crippen LogP contribution in [-0.2, 0) is 9.84 Å². The van der Waals surface area contributed by atoms with Gasteiger partial charge in [0.25, 0.3) is 0 Å². The minimum absolute atomic E-state index is 0.0114. The number of pyridine rings is 1. The third-order valence-corrected chi connectivity index (χ3v) is 9.84. The van der Waals surface area contributed by atoms with Crippen molar-refractivity contribution in [2.75, 3.05) is 5.75 Å².